The van der Waals surface area contributed by atoms with Crippen molar-refractivity contribution in [3.63, 3.8) is 0 Å². The molecule has 0 radical (unpaired) electrons. The molecule has 0 spiro atoms. The lowest BCUT2D eigenvalue weighted by Crippen LogP contribution is -2.55. The van der Waals surface area contributed by atoms with Crippen LogP contribution in [0.4, 0.5) is 0 Å². The second kappa shape index (κ2) is 8.55. The molecule has 0 aromatic carbocycles. The van der Waals surface area contributed by atoms with Gasteiger partial charge >= 0.3 is 5.97 Å². The van der Waals surface area contributed by atoms with E-state index in [2.05, 4.69) is 64.1 Å². The molecule has 182 valence electrons. The van der Waals surface area contributed by atoms with Gasteiger partial charge in [0.25, 0.3) is 0 Å². The van der Waals surface area contributed by atoms with Gasteiger partial charge in [-0.1, -0.05) is 75.3 Å². The zero-order valence-electron chi connectivity index (χ0n) is 21.8. The molecule has 4 unspecified atom stereocenters. The highest BCUT2D eigenvalue weighted by Gasteiger charge is 2.63. The molecule has 0 saturated heterocycles. The number of halogens is 1. The predicted molar refractivity (Wildman–Crippen MR) is 142 cm³/mol. The van der Waals surface area contributed by atoms with Gasteiger partial charge in [-0.25, -0.2) is 0 Å². The molecule has 0 bridgehead atoms. The summed E-state index contributed by atoms with van der Waals surface area (Å²) < 4.78 is 7.15. The number of fused-ring (bicyclic) bond motifs is 4. The Morgan fingerprint density at radius 2 is 1.75 bits per heavy atom. The second-order valence-corrected chi connectivity index (χ2v) is 14.2. The topological polar surface area (TPSA) is 26.3 Å². The summed E-state index contributed by atoms with van der Waals surface area (Å²) in [5, 5.41) is 0. The first-order valence-electron chi connectivity index (χ1n) is 13.4. The Labute approximate surface area is 211 Å². The minimum atomic E-state index is -0.114. The zero-order valence-corrected chi connectivity index (χ0v) is 23.9. The van der Waals surface area contributed by atoms with Gasteiger partial charge in [0, 0.05) is 12.3 Å². The molecular weight excluding hydrogens is 507 g/mol. The van der Waals surface area contributed by atoms with E-state index in [1.807, 2.05) is 11.1 Å². The molecule has 4 aliphatic carbocycles. The third-order valence-corrected chi connectivity index (χ3v) is 12.3. The Morgan fingerprint density at radius 1 is 1.03 bits per heavy atom. The lowest BCUT2D eigenvalue weighted by molar-refractivity contribution is -0.167. The van der Waals surface area contributed by atoms with Gasteiger partial charge in [0.05, 0.1) is 0 Å². The Balaban J connectivity index is 1.67. The van der Waals surface area contributed by atoms with Crippen LogP contribution in [0.3, 0.4) is 0 Å². The van der Waals surface area contributed by atoms with Crippen LogP contribution >= 0.6 is 22.6 Å². The van der Waals surface area contributed by atoms with Crippen LogP contribution in [0.15, 0.2) is 11.1 Å². The third kappa shape index (κ3) is 3.56. The summed E-state index contributed by atoms with van der Waals surface area (Å²) in [6.45, 7) is 16.8. The molecule has 0 aromatic rings. The standard InChI is InChI=1S/C29H47IO2/c1-19(9-8-18-30)21-12-16-29(7)23-10-11-24-26(3,4)25(32-20(2)31)14-15-27(24,5)22(23)13-17-28(21,29)6/h19,21,24-25H,8-18H2,1-7H3/t19?,21-,24?,25?,27-,28-,29?/m1/s1. The van der Waals surface area contributed by atoms with Crippen LogP contribution in [0.25, 0.3) is 0 Å². The lowest BCUT2D eigenvalue weighted by Gasteiger charge is -2.62. The summed E-state index contributed by atoms with van der Waals surface area (Å²) in [5.41, 5.74) is 4.88. The van der Waals surface area contributed by atoms with Crippen LogP contribution in [0.5, 0.6) is 0 Å². The highest BCUT2D eigenvalue weighted by molar-refractivity contribution is 14.1. The van der Waals surface area contributed by atoms with Crippen molar-refractivity contribution in [3.05, 3.63) is 11.1 Å². The maximum Gasteiger partial charge on any atom is 0.302 e. The molecule has 4 rings (SSSR count). The second-order valence-electron chi connectivity index (χ2n) is 13.1. The van der Waals surface area contributed by atoms with Crippen molar-refractivity contribution < 1.29 is 9.53 Å². The first-order valence-corrected chi connectivity index (χ1v) is 14.9. The Kier molecular flexibility index (Phi) is 6.70. The fraction of sp³-hybridized carbons (Fsp3) is 0.897. The molecule has 7 atom stereocenters. The van der Waals surface area contributed by atoms with Gasteiger partial charge in [-0.05, 0) is 103 Å². The van der Waals surface area contributed by atoms with Gasteiger partial charge in [-0.15, -0.1) is 0 Å². The third-order valence-electron chi connectivity index (χ3n) is 11.5. The highest BCUT2D eigenvalue weighted by atomic mass is 127. The van der Waals surface area contributed by atoms with Crippen LogP contribution < -0.4 is 0 Å². The molecule has 0 amide bonds. The predicted octanol–water partition coefficient (Wildman–Crippen LogP) is 8.52. The van der Waals surface area contributed by atoms with Crippen molar-refractivity contribution in [2.75, 3.05) is 4.43 Å². The quantitative estimate of drug-likeness (QED) is 0.147. The van der Waals surface area contributed by atoms with E-state index in [1.165, 1.54) is 62.2 Å². The average molecular weight is 555 g/mol. The number of esters is 1. The molecule has 2 nitrogen and oxygen atoms in total. The first kappa shape index (κ1) is 25.0. The summed E-state index contributed by atoms with van der Waals surface area (Å²) in [6, 6.07) is 0. The summed E-state index contributed by atoms with van der Waals surface area (Å²) >= 11 is 2.55. The van der Waals surface area contributed by atoms with Crippen molar-refractivity contribution in [2.45, 2.75) is 119 Å². The molecule has 0 N–H and O–H groups in total. The van der Waals surface area contributed by atoms with Crippen LogP contribution in [0.2, 0.25) is 0 Å². The number of ether oxygens (including phenoxy) is 1. The number of carbonyl (C=O) groups excluding carboxylic acids is 1. The number of alkyl halides is 1. The minimum absolute atomic E-state index is 0.0466. The van der Waals surface area contributed by atoms with Gasteiger partial charge in [0.1, 0.15) is 6.10 Å². The molecule has 0 aromatic heterocycles. The van der Waals surface area contributed by atoms with E-state index in [1.54, 1.807) is 6.92 Å². The van der Waals surface area contributed by atoms with E-state index in [9.17, 15) is 4.79 Å². The molecular formula is C29H47IO2. The van der Waals surface area contributed by atoms with Crippen molar-refractivity contribution in [1.29, 1.82) is 0 Å². The molecule has 3 heteroatoms. The SMILES string of the molecule is CC(=O)OC1CC[C@]2(C)C3=C(CCC2C1(C)C)C1(C)CC[C@H](C(C)CCCI)[C@@]1(C)CC3. The summed E-state index contributed by atoms with van der Waals surface area (Å²) in [5.74, 6) is 2.23. The maximum absolute atomic E-state index is 11.8. The van der Waals surface area contributed by atoms with Crippen LogP contribution in [0, 0.1) is 39.4 Å². The molecule has 2 saturated carbocycles. The molecule has 4 aliphatic rings. The van der Waals surface area contributed by atoms with Crippen molar-refractivity contribution in [3.8, 4) is 0 Å². The van der Waals surface area contributed by atoms with Gasteiger partial charge < -0.3 is 4.74 Å². The highest BCUT2D eigenvalue weighted by Crippen LogP contribution is 2.72. The monoisotopic (exact) mass is 554 g/mol. The fourth-order valence-corrected chi connectivity index (χ4v) is 10.1. The number of hydrogen-bond acceptors (Lipinski definition) is 2. The van der Waals surface area contributed by atoms with E-state index >= 15 is 0 Å². The molecule has 0 heterocycles. The fourth-order valence-electron chi connectivity index (χ4n) is 9.63. The molecule has 0 aliphatic heterocycles. The summed E-state index contributed by atoms with van der Waals surface area (Å²) in [6.07, 6.45) is 13.1. The molecule has 2 fully saturated rings. The average Bonchev–Trinajstić information content (AvgIpc) is 3.00. The number of carbonyl (C=O) groups is 1. The van der Waals surface area contributed by atoms with Crippen molar-refractivity contribution in [1.82, 2.24) is 0 Å². The number of rotatable bonds is 5. The van der Waals surface area contributed by atoms with Crippen molar-refractivity contribution in [2.24, 2.45) is 39.4 Å². The van der Waals surface area contributed by atoms with E-state index in [0.717, 1.165) is 18.3 Å². The lowest BCUT2D eigenvalue weighted by atomic mass is 9.43. The van der Waals surface area contributed by atoms with Crippen LogP contribution in [-0.4, -0.2) is 16.5 Å². The zero-order chi connectivity index (χ0) is 23.5. The van der Waals surface area contributed by atoms with E-state index in [0.29, 0.717) is 16.7 Å². The van der Waals surface area contributed by atoms with E-state index in [-0.39, 0.29) is 22.9 Å². The largest absolute Gasteiger partial charge is 0.462 e. The van der Waals surface area contributed by atoms with Crippen LogP contribution in [-0.2, 0) is 9.53 Å². The van der Waals surface area contributed by atoms with E-state index < -0.39 is 0 Å². The minimum Gasteiger partial charge on any atom is -0.462 e. The Bertz CT molecular complexity index is 784. The number of allylic oxidation sites excluding steroid dienone is 2. The maximum atomic E-state index is 11.8. The normalized spacial score (nSPS) is 43.8. The van der Waals surface area contributed by atoms with Gasteiger partial charge in [-0.2, -0.15) is 0 Å². The summed E-state index contributed by atoms with van der Waals surface area (Å²) in [4.78, 5) is 11.8. The van der Waals surface area contributed by atoms with Gasteiger partial charge in [0.15, 0.2) is 0 Å². The summed E-state index contributed by atoms with van der Waals surface area (Å²) in [7, 11) is 0. The van der Waals surface area contributed by atoms with Gasteiger partial charge in [0.2, 0.25) is 0 Å². The Morgan fingerprint density at radius 3 is 2.41 bits per heavy atom. The smallest absolute Gasteiger partial charge is 0.302 e. The first-order chi connectivity index (χ1) is 14.9. The Hall–Kier alpha value is -0.0600. The molecule has 32 heavy (non-hydrogen) atoms. The van der Waals surface area contributed by atoms with Crippen molar-refractivity contribution >= 4 is 28.6 Å². The van der Waals surface area contributed by atoms with Crippen LogP contribution in [0.1, 0.15) is 113 Å². The van der Waals surface area contributed by atoms with Gasteiger partial charge in [-0.3, -0.25) is 4.79 Å². The number of hydrogen-bond donors (Lipinski definition) is 0. The van der Waals surface area contributed by atoms with E-state index in [4.69, 9.17) is 4.74 Å².